The van der Waals surface area contributed by atoms with Crippen LogP contribution in [0.3, 0.4) is 0 Å². The Morgan fingerprint density at radius 2 is 2.14 bits per heavy atom. The maximum Gasteiger partial charge on any atom is 0.231 e. The standard InChI is InChI=1S/C10H12FNO2/c11-4-3-8(12)7-1-2-9-10(5-7)14-6-13-9/h1-2,5,8H,3-4,6,12H2/t8-/m0/s1. The average Bonchev–Trinajstić information content (AvgIpc) is 2.64. The van der Waals surface area contributed by atoms with Crippen LogP contribution in [0.1, 0.15) is 18.0 Å². The van der Waals surface area contributed by atoms with Gasteiger partial charge in [0.15, 0.2) is 11.5 Å². The molecule has 0 radical (unpaired) electrons. The minimum Gasteiger partial charge on any atom is -0.454 e. The molecule has 1 aromatic rings. The van der Waals surface area contributed by atoms with Crippen molar-refractivity contribution in [1.29, 1.82) is 0 Å². The van der Waals surface area contributed by atoms with E-state index in [-0.39, 0.29) is 12.8 Å². The maximum absolute atomic E-state index is 12.1. The maximum atomic E-state index is 12.1. The predicted molar refractivity (Wildman–Crippen MR) is 50.1 cm³/mol. The molecule has 2 rings (SSSR count). The van der Waals surface area contributed by atoms with E-state index in [9.17, 15) is 4.39 Å². The summed E-state index contributed by atoms with van der Waals surface area (Å²) >= 11 is 0. The summed E-state index contributed by atoms with van der Waals surface area (Å²) in [5.74, 6) is 1.41. The van der Waals surface area contributed by atoms with Gasteiger partial charge >= 0.3 is 0 Å². The van der Waals surface area contributed by atoms with Crippen molar-refractivity contribution in [3.63, 3.8) is 0 Å². The molecule has 0 spiro atoms. The van der Waals surface area contributed by atoms with Gasteiger partial charge in [0.25, 0.3) is 0 Å². The highest BCUT2D eigenvalue weighted by Gasteiger charge is 2.15. The van der Waals surface area contributed by atoms with E-state index in [1.54, 1.807) is 6.07 Å². The molecule has 4 heteroatoms. The van der Waals surface area contributed by atoms with Crippen molar-refractivity contribution in [3.8, 4) is 11.5 Å². The number of ether oxygens (including phenoxy) is 2. The fraction of sp³-hybridized carbons (Fsp3) is 0.400. The molecule has 0 aliphatic carbocycles. The normalized spacial score (nSPS) is 15.6. The minimum absolute atomic E-state index is 0.247. The Morgan fingerprint density at radius 3 is 2.93 bits per heavy atom. The monoisotopic (exact) mass is 197 g/mol. The van der Waals surface area contributed by atoms with Gasteiger partial charge in [-0.3, -0.25) is 4.39 Å². The number of fused-ring (bicyclic) bond motifs is 1. The summed E-state index contributed by atoms with van der Waals surface area (Å²) in [6.45, 7) is -0.160. The van der Waals surface area contributed by atoms with Gasteiger partial charge in [0.05, 0.1) is 6.67 Å². The molecule has 0 unspecified atom stereocenters. The summed E-state index contributed by atoms with van der Waals surface area (Å²) in [6.07, 6.45) is 0.333. The fourth-order valence-electron chi connectivity index (χ4n) is 1.43. The van der Waals surface area contributed by atoms with Crippen LogP contribution < -0.4 is 15.2 Å². The van der Waals surface area contributed by atoms with Crippen molar-refractivity contribution in [1.82, 2.24) is 0 Å². The third kappa shape index (κ3) is 1.65. The SMILES string of the molecule is N[C@@H](CCF)c1ccc2c(c1)OCO2. The lowest BCUT2D eigenvalue weighted by atomic mass is 10.0. The molecule has 0 fully saturated rings. The van der Waals surface area contributed by atoms with Gasteiger partial charge in [0.2, 0.25) is 6.79 Å². The summed E-state index contributed by atoms with van der Waals surface area (Å²) in [7, 11) is 0. The molecule has 1 heterocycles. The van der Waals surface area contributed by atoms with Gasteiger partial charge in [-0.05, 0) is 24.1 Å². The van der Waals surface area contributed by atoms with Gasteiger partial charge in [-0.1, -0.05) is 6.07 Å². The first-order valence-electron chi connectivity index (χ1n) is 4.52. The number of hydrogen-bond acceptors (Lipinski definition) is 3. The topological polar surface area (TPSA) is 44.5 Å². The lowest BCUT2D eigenvalue weighted by Crippen LogP contribution is -2.10. The molecule has 1 aromatic carbocycles. The predicted octanol–water partition coefficient (Wildman–Crippen LogP) is 1.77. The number of nitrogens with two attached hydrogens (primary N) is 1. The highest BCUT2D eigenvalue weighted by molar-refractivity contribution is 5.45. The van der Waals surface area contributed by atoms with Gasteiger partial charge in [0, 0.05) is 6.04 Å². The second kappa shape index (κ2) is 3.84. The van der Waals surface area contributed by atoms with Crippen LogP contribution in [0.25, 0.3) is 0 Å². The molecular weight excluding hydrogens is 185 g/mol. The van der Waals surface area contributed by atoms with E-state index in [4.69, 9.17) is 15.2 Å². The van der Waals surface area contributed by atoms with Crippen LogP contribution in [0.2, 0.25) is 0 Å². The van der Waals surface area contributed by atoms with Crippen molar-refractivity contribution in [2.24, 2.45) is 5.73 Å². The first-order chi connectivity index (χ1) is 6.81. The fourth-order valence-corrected chi connectivity index (χ4v) is 1.43. The summed E-state index contributed by atoms with van der Waals surface area (Å²) in [6, 6.07) is 5.18. The zero-order valence-corrected chi connectivity index (χ0v) is 7.70. The van der Waals surface area contributed by atoms with Crippen LogP contribution in [-0.2, 0) is 0 Å². The van der Waals surface area contributed by atoms with Gasteiger partial charge in [0.1, 0.15) is 0 Å². The zero-order valence-electron chi connectivity index (χ0n) is 7.70. The average molecular weight is 197 g/mol. The first-order valence-corrected chi connectivity index (χ1v) is 4.52. The first kappa shape index (κ1) is 9.27. The van der Waals surface area contributed by atoms with Crippen LogP contribution in [0, 0.1) is 0 Å². The molecule has 76 valence electrons. The molecule has 1 aliphatic rings. The van der Waals surface area contributed by atoms with Crippen LogP contribution in [-0.4, -0.2) is 13.5 Å². The molecule has 1 atom stereocenters. The number of benzene rings is 1. The third-order valence-electron chi connectivity index (χ3n) is 2.24. The van der Waals surface area contributed by atoms with Gasteiger partial charge in [-0.15, -0.1) is 0 Å². The van der Waals surface area contributed by atoms with Crippen molar-refractivity contribution in [2.45, 2.75) is 12.5 Å². The number of alkyl halides is 1. The quantitative estimate of drug-likeness (QED) is 0.803. The van der Waals surface area contributed by atoms with Gasteiger partial charge in [-0.25, -0.2) is 0 Å². The van der Waals surface area contributed by atoms with E-state index in [2.05, 4.69) is 0 Å². The Bertz CT molecular complexity index is 330. The molecule has 0 aromatic heterocycles. The second-order valence-corrected chi connectivity index (χ2v) is 3.20. The molecule has 2 N–H and O–H groups in total. The van der Waals surface area contributed by atoms with Crippen molar-refractivity contribution in [3.05, 3.63) is 23.8 Å². The van der Waals surface area contributed by atoms with Crippen LogP contribution in [0.5, 0.6) is 11.5 Å². The number of hydrogen-bond donors (Lipinski definition) is 1. The lowest BCUT2D eigenvalue weighted by molar-refractivity contribution is 0.174. The van der Waals surface area contributed by atoms with E-state index < -0.39 is 6.67 Å². The van der Waals surface area contributed by atoms with E-state index >= 15 is 0 Å². The molecule has 0 saturated carbocycles. The molecular formula is C10H12FNO2. The molecule has 3 nitrogen and oxygen atoms in total. The molecule has 0 bridgehead atoms. The zero-order chi connectivity index (χ0) is 9.97. The largest absolute Gasteiger partial charge is 0.454 e. The Balaban J connectivity index is 2.19. The second-order valence-electron chi connectivity index (χ2n) is 3.20. The summed E-state index contributed by atoms with van der Waals surface area (Å²) in [5, 5.41) is 0. The van der Waals surface area contributed by atoms with E-state index in [1.807, 2.05) is 12.1 Å². The number of rotatable bonds is 3. The van der Waals surface area contributed by atoms with E-state index in [0.29, 0.717) is 12.2 Å². The van der Waals surface area contributed by atoms with E-state index in [1.165, 1.54) is 0 Å². The molecule has 0 amide bonds. The number of halogens is 1. The lowest BCUT2D eigenvalue weighted by Gasteiger charge is -2.09. The van der Waals surface area contributed by atoms with Crippen molar-refractivity contribution >= 4 is 0 Å². The highest BCUT2D eigenvalue weighted by atomic mass is 19.1. The summed E-state index contributed by atoms with van der Waals surface area (Å²) in [4.78, 5) is 0. The highest BCUT2D eigenvalue weighted by Crippen LogP contribution is 2.34. The van der Waals surface area contributed by atoms with Crippen molar-refractivity contribution < 1.29 is 13.9 Å². The van der Waals surface area contributed by atoms with Crippen molar-refractivity contribution in [2.75, 3.05) is 13.5 Å². The van der Waals surface area contributed by atoms with Gasteiger partial charge in [-0.2, -0.15) is 0 Å². The Morgan fingerprint density at radius 1 is 1.36 bits per heavy atom. The minimum atomic E-state index is -0.407. The van der Waals surface area contributed by atoms with Crippen LogP contribution in [0.4, 0.5) is 4.39 Å². The van der Waals surface area contributed by atoms with Crippen LogP contribution >= 0.6 is 0 Å². The third-order valence-corrected chi connectivity index (χ3v) is 2.24. The molecule has 1 aliphatic heterocycles. The molecule has 14 heavy (non-hydrogen) atoms. The Labute approximate surface area is 81.6 Å². The summed E-state index contributed by atoms with van der Waals surface area (Å²) in [5.41, 5.74) is 6.64. The van der Waals surface area contributed by atoms with Crippen LogP contribution in [0.15, 0.2) is 18.2 Å². The Kier molecular flexibility index (Phi) is 2.54. The summed E-state index contributed by atoms with van der Waals surface area (Å²) < 4.78 is 22.4. The molecule has 0 saturated heterocycles. The van der Waals surface area contributed by atoms with E-state index in [0.717, 1.165) is 11.3 Å². The Hall–Kier alpha value is -1.29. The van der Waals surface area contributed by atoms with Gasteiger partial charge < -0.3 is 15.2 Å². The smallest absolute Gasteiger partial charge is 0.231 e.